The van der Waals surface area contributed by atoms with Gasteiger partial charge >= 0.3 is 0 Å². The third-order valence-corrected chi connectivity index (χ3v) is 6.60. The highest BCUT2D eigenvalue weighted by molar-refractivity contribution is 6.00. The lowest BCUT2D eigenvalue weighted by Crippen LogP contribution is -2.51. The molecule has 0 spiro atoms. The van der Waals surface area contributed by atoms with Crippen molar-refractivity contribution in [2.75, 3.05) is 24.8 Å². The van der Waals surface area contributed by atoms with Gasteiger partial charge in [0.05, 0.1) is 30.5 Å². The zero-order valence-electron chi connectivity index (χ0n) is 18.5. The monoisotopic (exact) mass is 453 g/mol. The first-order valence-electron chi connectivity index (χ1n) is 11.1. The molecule has 0 aliphatic heterocycles. The highest BCUT2D eigenvalue weighted by Crippen LogP contribution is 2.31. The number of amides is 1. The van der Waals surface area contributed by atoms with E-state index in [2.05, 4.69) is 26.0 Å². The summed E-state index contributed by atoms with van der Waals surface area (Å²) < 4.78 is 8.46. The number of carbonyl (C=O) groups excluding carboxylic acids is 1. The maximum Gasteiger partial charge on any atom is 0.274 e. The number of aromatic nitrogens is 4. The van der Waals surface area contributed by atoms with Gasteiger partial charge in [-0.3, -0.25) is 9.59 Å². The van der Waals surface area contributed by atoms with Crippen LogP contribution in [0.4, 0.5) is 17.3 Å². The van der Waals surface area contributed by atoms with Crippen molar-refractivity contribution in [3.05, 3.63) is 46.5 Å². The summed E-state index contributed by atoms with van der Waals surface area (Å²) >= 11 is 0. The van der Waals surface area contributed by atoms with Crippen molar-refractivity contribution in [2.45, 2.75) is 50.0 Å². The number of carbonyl (C=O) groups is 1. The summed E-state index contributed by atoms with van der Waals surface area (Å²) in [5, 5.41) is 23.4. The summed E-state index contributed by atoms with van der Waals surface area (Å²) in [6.45, 7) is 0. The fraction of sp³-hybridized carbons (Fsp3) is 0.455. The Labute approximate surface area is 189 Å². The molecular formula is C22H27N7O4. The van der Waals surface area contributed by atoms with Gasteiger partial charge < -0.3 is 30.4 Å². The summed E-state index contributed by atoms with van der Waals surface area (Å²) in [6.07, 6.45) is 5.90. The van der Waals surface area contributed by atoms with Crippen molar-refractivity contribution in [1.29, 1.82) is 0 Å². The molecule has 0 bridgehead atoms. The molecule has 11 heteroatoms. The number of rotatable bonds is 7. The molecule has 1 amide bonds. The van der Waals surface area contributed by atoms with Crippen LogP contribution >= 0.6 is 0 Å². The van der Waals surface area contributed by atoms with Gasteiger partial charge in [0.1, 0.15) is 22.9 Å². The molecule has 11 nitrogen and oxygen atoms in total. The SMILES string of the molecule is CNc1cc(Nc2cccn([C@@H]3CC[C@H]3O)c2=O)nc2c(C(=O)N[C@H]3CC[C@@H]3OC)cnn12. The Balaban J connectivity index is 1.46. The molecular weight excluding hydrogens is 426 g/mol. The van der Waals surface area contributed by atoms with Gasteiger partial charge in [0, 0.05) is 26.4 Å². The molecule has 3 aromatic heterocycles. The van der Waals surface area contributed by atoms with Crippen LogP contribution in [0.5, 0.6) is 0 Å². The lowest BCUT2D eigenvalue weighted by Gasteiger charge is -2.35. The number of aliphatic hydroxyl groups excluding tert-OH is 1. The Morgan fingerprint density at radius 2 is 2.12 bits per heavy atom. The molecule has 3 aromatic rings. The second-order valence-electron chi connectivity index (χ2n) is 8.47. The first-order chi connectivity index (χ1) is 16.0. The van der Waals surface area contributed by atoms with Crippen LogP contribution in [-0.4, -0.2) is 62.6 Å². The van der Waals surface area contributed by atoms with Gasteiger partial charge in [-0.25, -0.2) is 4.98 Å². The van der Waals surface area contributed by atoms with Crippen molar-refractivity contribution in [3.8, 4) is 0 Å². The van der Waals surface area contributed by atoms with Gasteiger partial charge in [0.2, 0.25) is 0 Å². The molecule has 0 aromatic carbocycles. The number of nitrogens with one attached hydrogen (secondary N) is 3. The fourth-order valence-corrected chi connectivity index (χ4v) is 4.32. The number of fused-ring (bicyclic) bond motifs is 1. The highest BCUT2D eigenvalue weighted by Gasteiger charge is 2.33. The van der Waals surface area contributed by atoms with Crippen molar-refractivity contribution in [1.82, 2.24) is 24.5 Å². The van der Waals surface area contributed by atoms with Crippen LogP contribution in [0, 0.1) is 0 Å². The normalized spacial score (nSPS) is 24.1. The summed E-state index contributed by atoms with van der Waals surface area (Å²) in [5.41, 5.74) is 0.787. The lowest BCUT2D eigenvalue weighted by atomic mass is 9.89. The van der Waals surface area contributed by atoms with Crippen molar-refractivity contribution in [3.63, 3.8) is 0 Å². The van der Waals surface area contributed by atoms with E-state index < -0.39 is 6.10 Å². The second kappa shape index (κ2) is 8.49. The number of hydrogen-bond donors (Lipinski definition) is 4. The van der Waals surface area contributed by atoms with Gasteiger partial charge in [-0.05, 0) is 37.8 Å². The van der Waals surface area contributed by atoms with E-state index in [-0.39, 0.29) is 29.7 Å². The third kappa shape index (κ3) is 3.72. The van der Waals surface area contributed by atoms with Gasteiger partial charge in [0.15, 0.2) is 5.65 Å². The molecule has 2 saturated carbocycles. The Bertz CT molecular complexity index is 1250. The molecule has 0 saturated heterocycles. The van der Waals surface area contributed by atoms with Crippen LogP contribution in [0.15, 0.2) is 35.4 Å². The zero-order chi connectivity index (χ0) is 23.1. The Kier molecular flexibility index (Phi) is 5.51. The van der Waals surface area contributed by atoms with E-state index in [0.717, 1.165) is 19.3 Å². The van der Waals surface area contributed by atoms with Crippen molar-refractivity contribution in [2.24, 2.45) is 0 Å². The molecule has 2 aliphatic rings. The molecule has 3 heterocycles. The summed E-state index contributed by atoms with van der Waals surface area (Å²) in [4.78, 5) is 30.5. The zero-order valence-corrected chi connectivity index (χ0v) is 18.5. The average Bonchev–Trinajstić information content (AvgIpc) is 3.22. The smallest absolute Gasteiger partial charge is 0.274 e. The van der Waals surface area contributed by atoms with E-state index in [1.807, 2.05) is 0 Å². The minimum atomic E-state index is -0.510. The number of methoxy groups -OCH3 is 1. The summed E-state index contributed by atoms with van der Waals surface area (Å²) in [6, 6.07) is 4.89. The van der Waals surface area contributed by atoms with Crippen molar-refractivity contribution < 1.29 is 14.6 Å². The minimum absolute atomic E-state index is 0.0169. The van der Waals surface area contributed by atoms with Crippen LogP contribution in [-0.2, 0) is 4.74 Å². The first kappa shape index (κ1) is 21.4. The van der Waals surface area contributed by atoms with Crippen LogP contribution in [0.1, 0.15) is 42.1 Å². The van der Waals surface area contributed by atoms with E-state index in [1.54, 1.807) is 47.6 Å². The lowest BCUT2D eigenvalue weighted by molar-refractivity contribution is 0.00732. The maximum absolute atomic E-state index is 13.0. The topological polar surface area (TPSA) is 135 Å². The van der Waals surface area contributed by atoms with E-state index >= 15 is 0 Å². The Morgan fingerprint density at radius 1 is 1.27 bits per heavy atom. The van der Waals surface area contributed by atoms with E-state index in [0.29, 0.717) is 35.0 Å². The minimum Gasteiger partial charge on any atom is -0.391 e. The standard InChI is InChI=1S/C22H27N7O4/c1-23-19-10-18(25-14-4-3-9-28(22(14)32)15-6-7-16(15)30)27-20-12(11-24-29(19)20)21(31)26-13-5-8-17(13)33-2/h3-4,9-11,13,15-17,23,30H,5-8H2,1-2H3,(H,25,27)(H,26,31)/t13-,15+,16+,17-/m0/s1. The van der Waals surface area contributed by atoms with Crippen LogP contribution in [0.3, 0.4) is 0 Å². The summed E-state index contributed by atoms with van der Waals surface area (Å²) in [7, 11) is 3.38. The fourth-order valence-electron chi connectivity index (χ4n) is 4.32. The molecule has 5 rings (SSSR count). The van der Waals surface area contributed by atoms with Crippen LogP contribution < -0.4 is 21.5 Å². The third-order valence-electron chi connectivity index (χ3n) is 6.60. The second-order valence-corrected chi connectivity index (χ2v) is 8.47. The maximum atomic E-state index is 13.0. The molecule has 0 unspecified atom stereocenters. The first-order valence-corrected chi connectivity index (χ1v) is 11.1. The number of nitrogens with zero attached hydrogens (tertiary/aromatic N) is 4. The van der Waals surface area contributed by atoms with E-state index in [1.165, 1.54) is 6.20 Å². The molecule has 2 fully saturated rings. The van der Waals surface area contributed by atoms with Crippen LogP contribution in [0.25, 0.3) is 5.65 Å². The van der Waals surface area contributed by atoms with Crippen LogP contribution in [0.2, 0.25) is 0 Å². The Morgan fingerprint density at radius 3 is 2.76 bits per heavy atom. The van der Waals surface area contributed by atoms with Gasteiger partial charge in [-0.1, -0.05) is 0 Å². The Hall–Kier alpha value is -3.44. The van der Waals surface area contributed by atoms with Gasteiger partial charge in [-0.2, -0.15) is 9.61 Å². The molecule has 4 N–H and O–H groups in total. The number of pyridine rings is 1. The molecule has 0 radical (unpaired) electrons. The predicted octanol–water partition coefficient (Wildman–Crippen LogP) is 1.28. The molecule has 33 heavy (non-hydrogen) atoms. The summed E-state index contributed by atoms with van der Waals surface area (Å²) in [5.74, 6) is 0.721. The predicted molar refractivity (Wildman–Crippen MR) is 122 cm³/mol. The average molecular weight is 454 g/mol. The quantitative estimate of drug-likeness (QED) is 0.420. The number of anilines is 3. The number of ether oxygens (including phenoxy) is 1. The van der Waals surface area contributed by atoms with Crippen molar-refractivity contribution >= 4 is 28.9 Å². The highest BCUT2D eigenvalue weighted by atomic mass is 16.5. The van der Waals surface area contributed by atoms with E-state index in [9.17, 15) is 14.7 Å². The number of hydrogen-bond acceptors (Lipinski definition) is 8. The van der Waals surface area contributed by atoms with E-state index in [4.69, 9.17) is 4.74 Å². The van der Waals surface area contributed by atoms with Gasteiger partial charge in [-0.15, -0.1) is 0 Å². The van der Waals surface area contributed by atoms with Gasteiger partial charge in [0.25, 0.3) is 11.5 Å². The number of aliphatic hydroxyl groups is 1. The molecule has 2 aliphatic carbocycles. The molecule has 4 atom stereocenters. The largest absolute Gasteiger partial charge is 0.391 e. The molecule has 174 valence electrons.